The number of fused-ring (bicyclic) bond motifs is 2. The van der Waals surface area contributed by atoms with Crippen molar-refractivity contribution in [2.45, 2.75) is 143 Å². The van der Waals surface area contributed by atoms with Gasteiger partial charge in [0.1, 0.15) is 10.8 Å². The van der Waals surface area contributed by atoms with Crippen LogP contribution in [-0.4, -0.2) is 50.1 Å². The van der Waals surface area contributed by atoms with Gasteiger partial charge in [-0.2, -0.15) is 9.97 Å². The van der Waals surface area contributed by atoms with E-state index < -0.39 is 22.9 Å². The van der Waals surface area contributed by atoms with Crippen LogP contribution in [0.3, 0.4) is 0 Å². The molecule has 2 fully saturated rings. The topological polar surface area (TPSA) is 233 Å². The van der Waals surface area contributed by atoms with Gasteiger partial charge in [0.15, 0.2) is 0 Å². The summed E-state index contributed by atoms with van der Waals surface area (Å²) in [6.45, 7) is 8.47. The maximum Gasteiger partial charge on any atom is 0.407 e. The van der Waals surface area contributed by atoms with E-state index in [2.05, 4.69) is 56.3 Å². The number of nitrogens with one attached hydrogen (secondary N) is 3. The third-order valence-corrected chi connectivity index (χ3v) is 9.99. The number of carbonyl (C=O) groups is 1. The van der Waals surface area contributed by atoms with Gasteiger partial charge in [-0.25, -0.2) is 14.4 Å². The summed E-state index contributed by atoms with van der Waals surface area (Å²) in [4.78, 5) is 84.5. The molecule has 4 heterocycles. The number of aryl methyl sites for hydroxylation is 2. The van der Waals surface area contributed by atoms with Gasteiger partial charge in [0, 0.05) is 18.2 Å². The lowest BCUT2D eigenvalue weighted by atomic mass is 9.94. The van der Waals surface area contributed by atoms with Gasteiger partial charge in [-0.3, -0.25) is 19.6 Å². The number of carbonyl (C=O) groups excluding carboxylic acids is 1. The zero-order valence-electron chi connectivity index (χ0n) is 33.9. The number of aromatic amines is 2. The van der Waals surface area contributed by atoms with Gasteiger partial charge in [-0.1, -0.05) is 63.2 Å². The number of oxime groups is 2. The third-order valence-electron chi connectivity index (χ3n) is 9.99. The highest BCUT2D eigenvalue weighted by Gasteiger charge is 2.21. The maximum atomic E-state index is 12.6. The average molecular weight is 806 g/mol. The molecule has 17 heteroatoms. The lowest BCUT2D eigenvalue weighted by Gasteiger charge is -2.23. The third kappa shape index (κ3) is 13.0. The second-order valence-corrected chi connectivity index (χ2v) is 15.1. The Kier molecular flexibility index (Phi) is 16.3. The zero-order valence-corrected chi connectivity index (χ0v) is 33.9. The minimum atomic E-state index is -0.556. The van der Waals surface area contributed by atoms with Gasteiger partial charge in [0.2, 0.25) is 11.4 Å². The van der Waals surface area contributed by atoms with Crippen LogP contribution in [0, 0.1) is 5.92 Å². The van der Waals surface area contributed by atoms with Crippen LogP contribution in [-0.2, 0) is 17.6 Å². The monoisotopic (exact) mass is 805 g/mol. The normalized spacial score (nSPS) is 15.5. The lowest BCUT2D eigenvalue weighted by Crippen LogP contribution is -2.38. The molecule has 0 bridgehead atoms. The van der Waals surface area contributed by atoms with E-state index in [9.17, 15) is 24.0 Å². The van der Waals surface area contributed by atoms with E-state index in [0.29, 0.717) is 67.6 Å². The van der Waals surface area contributed by atoms with Crippen molar-refractivity contribution in [3.63, 3.8) is 0 Å². The highest BCUT2D eigenvalue weighted by Crippen LogP contribution is 2.21. The van der Waals surface area contributed by atoms with Gasteiger partial charge >= 0.3 is 29.4 Å². The molecule has 4 aromatic heterocycles. The van der Waals surface area contributed by atoms with Crippen LogP contribution in [0.15, 0.2) is 50.5 Å². The van der Waals surface area contributed by atoms with Crippen molar-refractivity contribution in [2.75, 3.05) is 6.61 Å². The summed E-state index contributed by atoms with van der Waals surface area (Å²) in [5, 5.41) is 11.6. The van der Waals surface area contributed by atoms with Gasteiger partial charge in [-0.15, -0.1) is 0 Å². The molecule has 4 aromatic rings. The highest BCUT2D eigenvalue weighted by molar-refractivity contribution is 5.85. The summed E-state index contributed by atoms with van der Waals surface area (Å²) in [5.74, 6) is 0.535. The van der Waals surface area contributed by atoms with E-state index >= 15 is 0 Å². The zero-order chi connectivity index (χ0) is 41.4. The summed E-state index contributed by atoms with van der Waals surface area (Å²) < 4.78 is 15.2. The largest absolute Gasteiger partial charge is 0.450 e. The molecule has 0 radical (unpaired) electrons. The van der Waals surface area contributed by atoms with E-state index in [1.54, 1.807) is 6.92 Å². The fourth-order valence-electron chi connectivity index (χ4n) is 6.97. The summed E-state index contributed by atoms with van der Waals surface area (Å²) in [6.07, 6.45) is 14.8. The second kappa shape index (κ2) is 21.8. The van der Waals surface area contributed by atoms with Crippen LogP contribution in [0.1, 0.15) is 135 Å². The molecule has 58 heavy (non-hydrogen) atoms. The Morgan fingerprint density at radius 3 is 1.83 bits per heavy atom. The molecule has 0 aliphatic heterocycles. The van der Waals surface area contributed by atoms with E-state index in [4.69, 9.17) is 23.2 Å². The van der Waals surface area contributed by atoms with Crippen molar-refractivity contribution in [2.24, 2.45) is 16.2 Å². The number of amides is 1. The summed E-state index contributed by atoms with van der Waals surface area (Å²) in [6, 6.07) is 2.57. The quantitative estimate of drug-likeness (QED) is 0.0816. The SMILES string of the molecule is CCCCCCc1cc(=O)oc2nc(ON=C3CCCCC3)[nH]c(=O)c12.CCOC(=O)NC1CCC(=NOc2nc3oc(=O)cc(CCCC(C)C)c3c(=O)[nH]2)CC1. The van der Waals surface area contributed by atoms with E-state index in [0.717, 1.165) is 75.6 Å². The number of H-pyrrole nitrogens is 2. The Labute approximate surface area is 335 Å². The first kappa shape index (κ1) is 43.5. The second-order valence-electron chi connectivity index (χ2n) is 15.1. The number of aromatic nitrogens is 4. The van der Waals surface area contributed by atoms with E-state index in [1.807, 2.05) is 0 Å². The van der Waals surface area contributed by atoms with Crippen molar-refractivity contribution < 1.29 is 28.0 Å². The first-order valence-corrected chi connectivity index (χ1v) is 20.6. The molecule has 0 aromatic carbocycles. The van der Waals surface area contributed by atoms with Crippen molar-refractivity contribution in [1.29, 1.82) is 0 Å². The van der Waals surface area contributed by atoms with Gasteiger partial charge in [-0.05, 0) is 101 Å². The van der Waals surface area contributed by atoms with Crippen molar-refractivity contribution >= 4 is 39.7 Å². The molecule has 2 aliphatic rings. The number of unbranched alkanes of at least 4 members (excludes halogenated alkanes) is 3. The number of rotatable bonds is 15. The van der Waals surface area contributed by atoms with E-state index in [1.165, 1.54) is 18.6 Å². The smallest absolute Gasteiger partial charge is 0.407 e. The highest BCUT2D eigenvalue weighted by atomic mass is 16.6. The molecule has 2 saturated carbocycles. The van der Waals surface area contributed by atoms with Crippen molar-refractivity contribution in [3.05, 3.63) is 64.8 Å². The number of ether oxygens (including phenoxy) is 1. The molecule has 0 saturated heterocycles. The molecule has 0 spiro atoms. The fraction of sp³-hybridized carbons (Fsp3) is 0.585. The Bertz CT molecular complexity index is 2290. The van der Waals surface area contributed by atoms with Crippen molar-refractivity contribution in [3.8, 4) is 12.0 Å². The molecule has 314 valence electrons. The molecule has 6 rings (SSSR count). The number of hydrogen-bond acceptors (Lipinski definition) is 14. The maximum absolute atomic E-state index is 12.6. The molecule has 3 N–H and O–H groups in total. The fourth-order valence-corrected chi connectivity index (χ4v) is 6.97. The summed E-state index contributed by atoms with van der Waals surface area (Å²) in [5.41, 5.74) is 1.12. The molecule has 0 atom stereocenters. The molecule has 1 amide bonds. The lowest BCUT2D eigenvalue weighted by molar-refractivity contribution is 0.146. The van der Waals surface area contributed by atoms with Crippen LogP contribution < -0.4 is 37.4 Å². The van der Waals surface area contributed by atoms with Crippen LogP contribution in [0.5, 0.6) is 12.0 Å². The average Bonchev–Trinajstić information content (AvgIpc) is 3.18. The molecule has 17 nitrogen and oxygen atoms in total. The molecule has 0 unspecified atom stereocenters. The predicted octanol–water partition coefficient (Wildman–Crippen LogP) is 6.98. The van der Waals surface area contributed by atoms with Crippen molar-refractivity contribution in [1.82, 2.24) is 25.3 Å². The Hall–Kier alpha value is -5.61. The molecular weight excluding hydrogens is 750 g/mol. The van der Waals surface area contributed by atoms with Crippen LogP contribution in [0.4, 0.5) is 4.79 Å². The number of hydrogen-bond donors (Lipinski definition) is 3. The van der Waals surface area contributed by atoms with Crippen LogP contribution in [0.25, 0.3) is 22.2 Å². The minimum Gasteiger partial charge on any atom is -0.450 e. The summed E-state index contributed by atoms with van der Waals surface area (Å²) >= 11 is 0. The minimum absolute atomic E-state index is 0.00517. The first-order chi connectivity index (χ1) is 28.0. The van der Waals surface area contributed by atoms with Gasteiger partial charge in [0.05, 0.1) is 18.0 Å². The Morgan fingerprint density at radius 2 is 1.31 bits per heavy atom. The molecular formula is C41H55N7O10. The Balaban J connectivity index is 0.000000226. The number of alkyl carbamates (subject to hydrolysis) is 1. The standard InChI is InChI=1S/C22H30N4O6.C19H25N3O4/c1-4-30-22(29)23-15-8-10-16(11-9-15)26-32-21-24-19(28)18-14(7-5-6-13(2)3)12-17(27)31-20(18)25-21;1-2-3-4-6-9-13-12-15(23)25-18-16(13)17(24)20-19(21-18)26-22-14-10-7-5-8-11-14/h12-13,15H,4-11H2,1-3H3,(H,23,29)(H,24,25,28);12H,2-11H2,1H3,(H,20,21,24). The predicted molar refractivity (Wildman–Crippen MR) is 219 cm³/mol. The van der Waals surface area contributed by atoms with Gasteiger partial charge < -0.3 is 28.6 Å². The Morgan fingerprint density at radius 1 is 0.776 bits per heavy atom. The van der Waals surface area contributed by atoms with Crippen LogP contribution >= 0.6 is 0 Å². The molecule has 2 aliphatic carbocycles. The first-order valence-electron chi connectivity index (χ1n) is 20.6. The van der Waals surface area contributed by atoms with E-state index in [-0.39, 0.29) is 40.4 Å². The van der Waals surface area contributed by atoms with Gasteiger partial charge in [0.25, 0.3) is 11.1 Å². The van der Waals surface area contributed by atoms with Crippen LogP contribution in [0.2, 0.25) is 0 Å². The number of nitrogens with zero attached hydrogens (tertiary/aromatic N) is 4. The summed E-state index contributed by atoms with van der Waals surface area (Å²) in [7, 11) is 0.